The summed E-state index contributed by atoms with van der Waals surface area (Å²) in [6.07, 6.45) is 0.915. The van der Waals surface area contributed by atoms with Gasteiger partial charge in [-0.1, -0.05) is 24.3 Å². The third-order valence-electron chi connectivity index (χ3n) is 4.56. The topological polar surface area (TPSA) is 44.4 Å². The fourth-order valence-electron chi connectivity index (χ4n) is 3.45. The van der Waals surface area contributed by atoms with Gasteiger partial charge >= 0.3 is 7.59 Å². The third-order valence-corrected chi connectivity index (χ3v) is 7.18. The molecule has 0 fully saturated rings. The Labute approximate surface area is 151 Å². The van der Waals surface area contributed by atoms with Gasteiger partial charge in [0.05, 0.1) is 11.4 Å². The molecule has 0 amide bonds. The van der Waals surface area contributed by atoms with Gasteiger partial charge in [-0.15, -0.1) is 23.2 Å². The second-order valence-electron chi connectivity index (χ2n) is 6.02. The van der Waals surface area contributed by atoms with Crippen LogP contribution in [0, 0.1) is 0 Å². The summed E-state index contributed by atoms with van der Waals surface area (Å²) in [4.78, 5) is 0. The Morgan fingerprint density at radius 1 is 0.958 bits per heavy atom. The van der Waals surface area contributed by atoms with Crippen molar-refractivity contribution in [1.29, 1.82) is 0 Å². The van der Waals surface area contributed by atoms with E-state index in [4.69, 9.17) is 23.2 Å². The molecule has 2 aromatic carbocycles. The molecule has 2 aromatic rings. The van der Waals surface area contributed by atoms with Crippen LogP contribution >= 0.6 is 30.8 Å². The molecule has 0 bridgehead atoms. The van der Waals surface area contributed by atoms with Crippen molar-refractivity contribution in [1.82, 2.24) is 4.67 Å². The van der Waals surface area contributed by atoms with Crippen LogP contribution in [-0.2, 0) is 11.0 Å². The minimum absolute atomic E-state index is 0.407. The first kappa shape index (κ1) is 16.3. The van der Waals surface area contributed by atoms with Gasteiger partial charge in [0.15, 0.2) is 0 Å². The van der Waals surface area contributed by atoms with Crippen molar-refractivity contribution in [2.24, 2.45) is 0 Å². The zero-order valence-electron chi connectivity index (χ0n) is 13.1. The van der Waals surface area contributed by atoms with Crippen LogP contribution in [0.2, 0.25) is 0 Å². The molecule has 4 rings (SSSR count). The van der Waals surface area contributed by atoms with Crippen molar-refractivity contribution in [2.75, 3.05) is 35.0 Å². The lowest BCUT2D eigenvalue weighted by atomic mass is 10.0. The number of hydrogen-bond donors (Lipinski definition) is 2. The highest BCUT2D eigenvalue weighted by atomic mass is 35.5. The highest BCUT2D eigenvalue weighted by Gasteiger charge is 2.37. The summed E-state index contributed by atoms with van der Waals surface area (Å²) in [5, 5.41) is 6.38. The van der Waals surface area contributed by atoms with E-state index in [1.54, 1.807) is 0 Å². The van der Waals surface area contributed by atoms with E-state index in [2.05, 4.69) is 46.6 Å². The molecule has 1 atom stereocenters. The number of anilines is 2. The second kappa shape index (κ2) is 6.27. The van der Waals surface area contributed by atoms with E-state index in [0.717, 1.165) is 17.8 Å². The number of nitrogens with zero attached hydrogens (tertiary/aromatic N) is 1. The lowest BCUT2D eigenvalue weighted by molar-refractivity contribution is 0.455. The molecular formula is C17H18Cl2N3OP. The lowest BCUT2D eigenvalue weighted by Crippen LogP contribution is -2.29. The van der Waals surface area contributed by atoms with Gasteiger partial charge in [0.2, 0.25) is 0 Å². The van der Waals surface area contributed by atoms with Crippen LogP contribution in [0.1, 0.15) is 11.1 Å². The number of fused-ring (bicyclic) bond motifs is 4. The Kier molecular flexibility index (Phi) is 4.26. The third kappa shape index (κ3) is 2.62. The summed E-state index contributed by atoms with van der Waals surface area (Å²) in [5.41, 5.74) is 6.84. The van der Waals surface area contributed by atoms with Crippen LogP contribution < -0.4 is 10.2 Å². The van der Waals surface area contributed by atoms with Gasteiger partial charge in [-0.05, 0) is 40.8 Å². The van der Waals surface area contributed by atoms with Crippen LogP contribution in [-0.4, -0.2) is 29.5 Å². The van der Waals surface area contributed by atoms with Crippen molar-refractivity contribution in [3.05, 3.63) is 47.5 Å². The maximum atomic E-state index is 13.3. The van der Waals surface area contributed by atoms with Gasteiger partial charge in [-0.3, -0.25) is 4.57 Å². The van der Waals surface area contributed by atoms with Crippen molar-refractivity contribution in [3.8, 4) is 11.1 Å². The molecule has 2 aliphatic rings. The molecule has 0 aromatic heterocycles. The molecule has 1 heterocycles. The van der Waals surface area contributed by atoms with E-state index in [-0.39, 0.29) is 0 Å². The monoisotopic (exact) mass is 381 g/mol. The van der Waals surface area contributed by atoms with Crippen molar-refractivity contribution in [2.45, 2.75) is 6.42 Å². The van der Waals surface area contributed by atoms with Crippen LogP contribution in [0.5, 0.6) is 0 Å². The Morgan fingerprint density at radius 3 is 2.33 bits per heavy atom. The summed E-state index contributed by atoms with van der Waals surface area (Å²) in [5.74, 6) is 0.814. The minimum Gasteiger partial charge on any atom is -0.306 e. The number of hydrogen-bond acceptors (Lipinski definition) is 1. The highest BCUT2D eigenvalue weighted by Crippen LogP contribution is 2.58. The highest BCUT2D eigenvalue weighted by molar-refractivity contribution is 7.65. The molecule has 0 saturated heterocycles. The Morgan fingerprint density at radius 2 is 1.62 bits per heavy atom. The summed E-state index contributed by atoms with van der Waals surface area (Å²) in [6.45, 7) is 1.03. The van der Waals surface area contributed by atoms with Gasteiger partial charge in [0, 0.05) is 24.8 Å². The van der Waals surface area contributed by atoms with Crippen molar-refractivity contribution in [3.63, 3.8) is 0 Å². The zero-order chi connectivity index (χ0) is 16.7. The number of nitrogens with one attached hydrogen (secondary N) is 2. The molecule has 4 nitrogen and oxygen atoms in total. The second-order valence-corrected chi connectivity index (χ2v) is 8.94. The van der Waals surface area contributed by atoms with E-state index >= 15 is 0 Å². The maximum absolute atomic E-state index is 13.3. The largest absolute Gasteiger partial charge is 0.330 e. The number of rotatable bonds is 5. The van der Waals surface area contributed by atoms with Crippen LogP contribution in [0.25, 0.3) is 11.1 Å². The molecule has 0 saturated carbocycles. The van der Waals surface area contributed by atoms with Crippen LogP contribution in [0.4, 0.5) is 11.4 Å². The van der Waals surface area contributed by atoms with E-state index in [1.807, 2.05) is 4.67 Å². The standard InChI is InChI=1S/C17H18Cl2N3OP/c18-5-7-22(8-6-19)24(23)20-16-10-13-9-12-3-1-2-4-14(12)15(13)11-17(16)21-24/h1-4,10-11H,5-9H2,(H2,20,21,23). The molecule has 1 aliphatic carbocycles. The Balaban J connectivity index is 1.68. The fourth-order valence-corrected chi connectivity index (χ4v) is 6.22. The van der Waals surface area contributed by atoms with Crippen molar-refractivity contribution < 1.29 is 4.57 Å². The van der Waals surface area contributed by atoms with E-state index < -0.39 is 7.59 Å². The first-order valence-corrected chi connectivity index (χ1v) is 10.7. The predicted octanol–water partition coefficient (Wildman–Crippen LogP) is 4.98. The Hall–Kier alpha value is -1.19. The summed E-state index contributed by atoms with van der Waals surface area (Å²) >= 11 is 11.7. The van der Waals surface area contributed by atoms with Gasteiger partial charge in [0.1, 0.15) is 0 Å². The maximum Gasteiger partial charge on any atom is 0.330 e. The fraction of sp³-hybridized carbons (Fsp3) is 0.294. The van der Waals surface area contributed by atoms with E-state index in [1.165, 1.54) is 22.3 Å². The minimum atomic E-state index is -2.94. The SMILES string of the molecule is O=P1(N(CCCl)CCCl)Nc2cc3c(cc2N1)-c1ccccc1C3. The number of benzene rings is 2. The summed E-state index contributed by atoms with van der Waals surface area (Å²) in [6, 6.07) is 12.6. The van der Waals surface area contributed by atoms with Gasteiger partial charge in [0.25, 0.3) is 0 Å². The molecule has 1 aliphatic heterocycles. The quantitative estimate of drug-likeness (QED) is 0.483. The summed E-state index contributed by atoms with van der Waals surface area (Å²) < 4.78 is 15.1. The normalized spacial score (nSPS) is 20.3. The van der Waals surface area contributed by atoms with Gasteiger partial charge in [-0.25, -0.2) is 4.67 Å². The average molecular weight is 382 g/mol. The molecule has 24 heavy (non-hydrogen) atoms. The van der Waals surface area contributed by atoms with E-state index in [9.17, 15) is 4.57 Å². The summed E-state index contributed by atoms with van der Waals surface area (Å²) in [7, 11) is -2.94. The molecule has 2 N–H and O–H groups in total. The van der Waals surface area contributed by atoms with Gasteiger partial charge in [-0.2, -0.15) is 0 Å². The number of alkyl halides is 2. The molecule has 0 radical (unpaired) electrons. The zero-order valence-corrected chi connectivity index (χ0v) is 15.5. The Bertz CT molecular complexity index is 837. The van der Waals surface area contributed by atoms with Crippen molar-refractivity contribution >= 4 is 42.2 Å². The first-order valence-electron chi connectivity index (χ1n) is 7.94. The average Bonchev–Trinajstić information content (AvgIpc) is 3.09. The molecule has 1 unspecified atom stereocenters. The van der Waals surface area contributed by atoms with Gasteiger partial charge < -0.3 is 10.2 Å². The molecule has 126 valence electrons. The lowest BCUT2D eigenvalue weighted by Gasteiger charge is -2.27. The first-order chi connectivity index (χ1) is 11.6. The van der Waals surface area contributed by atoms with Crippen LogP contribution in [0.3, 0.4) is 0 Å². The molecule has 0 spiro atoms. The smallest absolute Gasteiger partial charge is 0.306 e. The number of halogens is 2. The predicted molar refractivity (Wildman–Crippen MR) is 103 cm³/mol. The molecule has 7 heteroatoms. The molecular weight excluding hydrogens is 364 g/mol. The van der Waals surface area contributed by atoms with E-state index in [0.29, 0.717) is 24.8 Å². The van der Waals surface area contributed by atoms with Crippen LogP contribution in [0.15, 0.2) is 36.4 Å².